The Morgan fingerprint density at radius 2 is 1.88 bits per heavy atom. The van der Waals surface area contributed by atoms with Crippen LogP contribution < -0.4 is 5.63 Å². The van der Waals surface area contributed by atoms with Crippen LogP contribution in [0.2, 0.25) is 0 Å². The van der Waals surface area contributed by atoms with Gasteiger partial charge in [0.15, 0.2) is 0 Å². The first-order valence-electron chi connectivity index (χ1n) is 7.63. The van der Waals surface area contributed by atoms with E-state index in [-0.39, 0.29) is 24.8 Å². The summed E-state index contributed by atoms with van der Waals surface area (Å²) < 4.78 is 24.0. The molecule has 0 bridgehead atoms. The third-order valence-electron chi connectivity index (χ3n) is 3.71. The minimum absolute atomic E-state index is 0.00795. The first kappa shape index (κ1) is 17.4. The second kappa shape index (κ2) is 7.61. The molecule has 0 aliphatic rings. The van der Waals surface area contributed by atoms with Gasteiger partial charge in [0, 0.05) is 27.9 Å². The summed E-state index contributed by atoms with van der Waals surface area (Å²) in [6, 6.07) is 12.6. The average molecular weight is 405 g/mol. The van der Waals surface area contributed by atoms with E-state index in [0.717, 1.165) is 10.0 Å². The van der Waals surface area contributed by atoms with Gasteiger partial charge in [-0.3, -0.25) is 4.79 Å². The Kier molecular flexibility index (Phi) is 5.28. The zero-order valence-corrected chi connectivity index (χ0v) is 14.7. The van der Waals surface area contributed by atoms with Crippen LogP contribution in [0.15, 0.2) is 62.2 Å². The number of carbonyl (C=O) groups is 1. The molecule has 0 radical (unpaired) electrons. The molecule has 0 unspecified atom stereocenters. The lowest BCUT2D eigenvalue weighted by molar-refractivity contribution is -0.144. The Morgan fingerprint density at radius 1 is 1.12 bits per heavy atom. The molecule has 3 rings (SSSR count). The Morgan fingerprint density at radius 3 is 2.64 bits per heavy atom. The first-order valence-corrected chi connectivity index (χ1v) is 8.43. The molecule has 128 valence electrons. The van der Waals surface area contributed by atoms with Gasteiger partial charge in [0.2, 0.25) is 0 Å². The molecule has 4 nitrogen and oxygen atoms in total. The summed E-state index contributed by atoms with van der Waals surface area (Å²) >= 11 is 3.32. The topological polar surface area (TPSA) is 56.5 Å². The number of ether oxygens (including phenoxy) is 1. The van der Waals surface area contributed by atoms with Crippen LogP contribution in [0.3, 0.4) is 0 Å². The monoisotopic (exact) mass is 404 g/mol. The van der Waals surface area contributed by atoms with E-state index in [1.54, 1.807) is 24.3 Å². The van der Waals surface area contributed by atoms with Crippen LogP contribution in [0, 0.1) is 5.82 Å². The smallest absolute Gasteiger partial charge is 0.336 e. The van der Waals surface area contributed by atoms with Crippen molar-refractivity contribution < 1.29 is 18.3 Å². The van der Waals surface area contributed by atoms with E-state index in [2.05, 4.69) is 15.9 Å². The van der Waals surface area contributed by atoms with Crippen molar-refractivity contribution in [3.8, 4) is 0 Å². The van der Waals surface area contributed by atoms with Crippen LogP contribution >= 0.6 is 15.9 Å². The Balaban J connectivity index is 1.65. The number of carbonyl (C=O) groups excluding carboxylic acids is 1. The van der Waals surface area contributed by atoms with Crippen molar-refractivity contribution in [2.75, 3.05) is 0 Å². The Labute approximate surface area is 151 Å². The van der Waals surface area contributed by atoms with Crippen molar-refractivity contribution in [1.29, 1.82) is 0 Å². The molecule has 0 amide bonds. The summed E-state index contributed by atoms with van der Waals surface area (Å²) in [7, 11) is 0. The van der Waals surface area contributed by atoms with Crippen LogP contribution in [-0.4, -0.2) is 5.97 Å². The SMILES string of the molecule is O=C(CCc1ccc(F)cc1)OCc1cc(=O)oc2cc(Br)ccc12. The Bertz CT molecular complexity index is 963. The van der Waals surface area contributed by atoms with Crippen molar-refractivity contribution in [1.82, 2.24) is 0 Å². The molecular weight excluding hydrogens is 391 g/mol. The third kappa shape index (κ3) is 4.54. The molecule has 0 fully saturated rings. The maximum atomic E-state index is 12.9. The number of hydrogen-bond donors (Lipinski definition) is 0. The van der Waals surface area contributed by atoms with Gasteiger partial charge in [-0.25, -0.2) is 9.18 Å². The fourth-order valence-corrected chi connectivity index (χ4v) is 2.79. The van der Waals surface area contributed by atoms with E-state index in [9.17, 15) is 14.0 Å². The molecule has 0 atom stereocenters. The lowest BCUT2D eigenvalue weighted by Gasteiger charge is -2.07. The molecule has 0 saturated carbocycles. The van der Waals surface area contributed by atoms with E-state index in [0.29, 0.717) is 23.0 Å². The summed E-state index contributed by atoms with van der Waals surface area (Å²) in [6.45, 7) is -0.00795. The molecule has 1 heterocycles. The van der Waals surface area contributed by atoms with Crippen molar-refractivity contribution in [2.45, 2.75) is 19.4 Å². The number of aryl methyl sites for hydroxylation is 1. The highest BCUT2D eigenvalue weighted by Gasteiger charge is 2.10. The molecular formula is C19H14BrFO4. The molecule has 0 saturated heterocycles. The van der Waals surface area contributed by atoms with Crippen LogP contribution in [-0.2, 0) is 22.6 Å². The lowest BCUT2D eigenvalue weighted by Crippen LogP contribution is -2.08. The van der Waals surface area contributed by atoms with Gasteiger partial charge in [-0.05, 0) is 42.3 Å². The summed E-state index contributed by atoms with van der Waals surface area (Å²) in [5.41, 5.74) is 1.38. The average Bonchev–Trinajstić information content (AvgIpc) is 2.58. The zero-order chi connectivity index (χ0) is 17.8. The van der Waals surface area contributed by atoms with Crippen molar-refractivity contribution in [3.05, 3.63) is 80.4 Å². The minimum atomic E-state index is -0.497. The lowest BCUT2D eigenvalue weighted by atomic mass is 10.1. The predicted octanol–water partition coefficient (Wildman–Crippen LogP) is 4.37. The fourth-order valence-electron chi connectivity index (χ4n) is 2.45. The molecule has 2 aromatic carbocycles. The quantitative estimate of drug-likeness (QED) is 0.467. The van der Waals surface area contributed by atoms with Gasteiger partial charge in [0.25, 0.3) is 0 Å². The van der Waals surface area contributed by atoms with Crippen molar-refractivity contribution in [3.63, 3.8) is 0 Å². The van der Waals surface area contributed by atoms with Crippen molar-refractivity contribution in [2.24, 2.45) is 0 Å². The van der Waals surface area contributed by atoms with Crippen LogP contribution in [0.25, 0.3) is 11.0 Å². The van der Waals surface area contributed by atoms with E-state index in [1.165, 1.54) is 18.2 Å². The molecule has 6 heteroatoms. The normalized spacial score (nSPS) is 10.8. The largest absolute Gasteiger partial charge is 0.461 e. The van der Waals surface area contributed by atoms with Crippen molar-refractivity contribution >= 4 is 32.9 Å². The summed E-state index contributed by atoms with van der Waals surface area (Å²) in [4.78, 5) is 23.6. The number of hydrogen-bond acceptors (Lipinski definition) is 4. The molecule has 0 spiro atoms. The zero-order valence-electron chi connectivity index (χ0n) is 13.1. The van der Waals surface area contributed by atoms with E-state index >= 15 is 0 Å². The van der Waals surface area contributed by atoms with Gasteiger partial charge in [0.05, 0.1) is 0 Å². The number of esters is 1. The number of rotatable bonds is 5. The molecule has 3 aromatic rings. The highest BCUT2D eigenvalue weighted by Crippen LogP contribution is 2.22. The fraction of sp³-hybridized carbons (Fsp3) is 0.158. The van der Waals surface area contributed by atoms with E-state index in [1.807, 2.05) is 6.07 Å². The second-order valence-electron chi connectivity index (χ2n) is 5.52. The molecule has 0 aliphatic heterocycles. The minimum Gasteiger partial charge on any atom is -0.461 e. The highest BCUT2D eigenvalue weighted by atomic mass is 79.9. The molecule has 0 aliphatic carbocycles. The summed E-state index contributed by atoms with van der Waals surface area (Å²) in [6.07, 6.45) is 0.639. The number of halogens is 2. The summed E-state index contributed by atoms with van der Waals surface area (Å²) in [5.74, 6) is -0.699. The van der Waals surface area contributed by atoms with Gasteiger partial charge in [0.1, 0.15) is 18.0 Å². The second-order valence-corrected chi connectivity index (χ2v) is 6.43. The number of benzene rings is 2. The standard InChI is InChI=1S/C19H14BrFO4/c20-14-4-7-16-13(9-19(23)25-17(16)10-14)11-24-18(22)8-3-12-1-5-15(21)6-2-12/h1-2,4-7,9-10H,3,8,11H2. The van der Waals surface area contributed by atoms with Gasteiger partial charge >= 0.3 is 11.6 Å². The third-order valence-corrected chi connectivity index (χ3v) is 4.21. The molecule has 25 heavy (non-hydrogen) atoms. The Hall–Kier alpha value is -2.47. The number of fused-ring (bicyclic) bond motifs is 1. The first-order chi connectivity index (χ1) is 12.0. The van der Waals surface area contributed by atoms with Gasteiger partial charge in [-0.1, -0.05) is 28.1 Å². The van der Waals surface area contributed by atoms with Gasteiger partial charge < -0.3 is 9.15 Å². The van der Waals surface area contributed by atoms with Crippen LogP contribution in [0.4, 0.5) is 4.39 Å². The van der Waals surface area contributed by atoms with E-state index < -0.39 is 5.63 Å². The maximum absolute atomic E-state index is 12.9. The van der Waals surface area contributed by atoms with Gasteiger partial charge in [-0.15, -0.1) is 0 Å². The highest BCUT2D eigenvalue weighted by molar-refractivity contribution is 9.10. The maximum Gasteiger partial charge on any atom is 0.336 e. The van der Waals surface area contributed by atoms with E-state index in [4.69, 9.17) is 9.15 Å². The summed E-state index contributed by atoms with van der Waals surface area (Å²) in [5, 5.41) is 0.717. The molecule has 1 aromatic heterocycles. The predicted molar refractivity (Wildman–Crippen MR) is 94.7 cm³/mol. The van der Waals surface area contributed by atoms with Crippen LogP contribution in [0.1, 0.15) is 17.5 Å². The molecule has 0 N–H and O–H groups in total. The van der Waals surface area contributed by atoms with Gasteiger partial charge in [-0.2, -0.15) is 0 Å². The van der Waals surface area contributed by atoms with Crippen LogP contribution in [0.5, 0.6) is 0 Å².